The van der Waals surface area contributed by atoms with Crippen molar-refractivity contribution in [2.75, 3.05) is 5.32 Å². The molecule has 0 spiro atoms. The van der Waals surface area contributed by atoms with Gasteiger partial charge in [-0.1, -0.05) is 24.3 Å². The van der Waals surface area contributed by atoms with Crippen LogP contribution in [0.15, 0.2) is 48.5 Å². The van der Waals surface area contributed by atoms with Crippen molar-refractivity contribution in [3.8, 4) is 0 Å². The zero-order valence-electron chi connectivity index (χ0n) is 12.4. The van der Waals surface area contributed by atoms with Gasteiger partial charge in [-0.05, 0) is 48.2 Å². The number of aliphatic hydroxyl groups is 1. The number of carbonyl (C=O) groups excluding carboxylic acids is 1. The van der Waals surface area contributed by atoms with E-state index in [1.54, 1.807) is 0 Å². The number of hydrogen-bond acceptors (Lipinski definition) is 3. The summed E-state index contributed by atoms with van der Waals surface area (Å²) in [5.41, 5.74) is 3.74. The van der Waals surface area contributed by atoms with Crippen molar-refractivity contribution in [3.63, 3.8) is 0 Å². The smallest absolute Gasteiger partial charge is 0.251 e. The normalized spacial score (nSPS) is 13.7. The summed E-state index contributed by atoms with van der Waals surface area (Å²) in [5.74, 6) is 0.00800. The summed E-state index contributed by atoms with van der Waals surface area (Å²) in [5, 5.41) is 15.3. The number of rotatable bonds is 6. The first-order chi connectivity index (χ1) is 10.7. The summed E-state index contributed by atoms with van der Waals surface area (Å²) in [4.78, 5) is 11.9. The lowest BCUT2D eigenvalue weighted by atomic mass is 10.1. The highest BCUT2D eigenvalue weighted by atomic mass is 16.3. The topological polar surface area (TPSA) is 61.4 Å². The van der Waals surface area contributed by atoms with Crippen molar-refractivity contribution in [3.05, 3.63) is 65.2 Å². The molecule has 1 aliphatic carbocycles. The maximum Gasteiger partial charge on any atom is 0.251 e. The van der Waals surface area contributed by atoms with E-state index in [0.29, 0.717) is 18.2 Å². The lowest BCUT2D eigenvalue weighted by Gasteiger charge is -2.08. The molecule has 1 aliphatic rings. The third kappa shape index (κ3) is 3.86. The molecule has 0 aromatic heterocycles. The Bertz CT molecular complexity index is 631. The van der Waals surface area contributed by atoms with Crippen molar-refractivity contribution in [1.29, 1.82) is 0 Å². The van der Waals surface area contributed by atoms with Gasteiger partial charge in [-0.25, -0.2) is 0 Å². The van der Waals surface area contributed by atoms with Crippen molar-refractivity contribution in [2.45, 2.75) is 32.0 Å². The SMILES string of the molecule is O=C(NC1CC1)c1ccc(NCc2ccc(CO)cc2)cc1. The van der Waals surface area contributed by atoms with Gasteiger partial charge in [0, 0.05) is 23.8 Å². The van der Waals surface area contributed by atoms with Gasteiger partial charge < -0.3 is 15.7 Å². The van der Waals surface area contributed by atoms with Gasteiger partial charge in [-0.2, -0.15) is 0 Å². The Labute approximate surface area is 130 Å². The van der Waals surface area contributed by atoms with E-state index in [1.807, 2.05) is 48.5 Å². The van der Waals surface area contributed by atoms with Crippen LogP contribution >= 0.6 is 0 Å². The zero-order valence-corrected chi connectivity index (χ0v) is 12.4. The molecule has 0 bridgehead atoms. The fourth-order valence-corrected chi connectivity index (χ4v) is 2.20. The summed E-state index contributed by atoms with van der Waals surface area (Å²) in [7, 11) is 0. The Morgan fingerprint density at radius 2 is 1.64 bits per heavy atom. The average molecular weight is 296 g/mol. The van der Waals surface area contributed by atoms with Gasteiger partial charge >= 0.3 is 0 Å². The lowest BCUT2D eigenvalue weighted by Crippen LogP contribution is -2.25. The molecule has 2 aromatic carbocycles. The van der Waals surface area contributed by atoms with Crippen LogP contribution in [0, 0.1) is 0 Å². The summed E-state index contributed by atoms with van der Waals surface area (Å²) < 4.78 is 0. The molecule has 0 saturated heterocycles. The maximum atomic E-state index is 11.9. The van der Waals surface area contributed by atoms with E-state index in [9.17, 15) is 4.79 Å². The first kappa shape index (κ1) is 14.6. The third-order valence-electron chi connectivity index (χ3n) is 3.76. The van der Waals surface area contributed by atoms with E-state index in [2.05, 4.69) is 10.6 Å². The van der Waals surface area contributed by atoms with Crippen LogP contribution < -0.4 is 10.6 Å². The van der Waals surface area contributed by atoms with Crippen LogP contribution in [-0.2, 0) is 13.2 Å². The number of hydrogen-bond donors (Lipinski definition) is 3. The highest BCUT2D eigenvalue weighted by molar-refractivity contribution is 5.94. The van der Waals surface area contributed by atoms with Gasteiger partial charge in [0.2, 0.25) is 0 Å². The van der Waals surface area contributed by atoms with E-state index in [0.717, 1.165) is 29.7 Å². The molecule has 0 heterocycles. The fraction of sp³-hybridized carbons (Fsp3) is 0.278. The van der Waals surface area contributed by atoms with Crippen molar-refractivity contribution < 1.29 is 9.90 Å². The van der Waals surface area contributed by atoms with Crippen LogP contribution in [0.5, 0.6) is 0 Å². The van der Waals surface area contributed by atoms with Crippen LogP contribution in [-0.4, -0.2) is 17.1 Å². The molecule has 22 heavy (non-hydrogen) atoms. The molecule has 1 amide bonds. The Balaban J connectivity index is 1.54. The minimum atomic E-state index is 0.00800. The van der Waals surface area contributed by atoms with Gasteiger partial charge in [0.05, 0.1) is 6.61 Å². The number of benzene rings is 2. The Morgan fingerprint density at radius 3 is 2.23 bits per heavy atom. The van der Waals surface area contributed by atoms with Crippen molar-refractivity contribution >= 4 is 11.6 Å². The summed E-state index contributed by atoms with van der Waals surface area (Å²) >= 11 is 0. The van der Waals surface area contributed by atoms with Gasteiger partial charge in [0.15, 0.2) is 0 Å². The molecule has 1 saturated carbocycles. The zero-order chi connectivity index (χ0) is 15.4. The number of anilines is 1. The molecule has 0 aliphatic heterocycles. The van der Waals surface area contributed by atoms with Crippen LogP contribution in [0.3, 0.4) is 0 Å². The first-order valence-corrected chi connectivity index (χ1v) is 7.58. The molecule has 4 heteroatoms. The minimum Gasteiger partial charge on any atom is -0.392 e. The predicted molar refractivity (Wildman–Crippen MR) is 86.6 cm³/mol. The molecule has 0 unspecified atom stereocenters. The molecule has 4 nitrogen and oxygen atoms in total. The molecular weight excluding hydrogens is 276 g/mol. The molecule has 0 radical (unpaired) electrons. The second-order valence-electron chi connectivity index (χ2n) is 5.65. The van der Waals surface area contributed by atoms with Crippen LogP contribution in [0.1, 0.15) is 34.3 Å². The average Bonchev–Trinajstić information content (AvgIpc) is 3.38. The second kappa shape index (κ2) is 6.62. The summed E-state index contributed by atoms with van der Waals surface area (Å²) in [6, 6.07) is 15.7. The predicted octanol–water partition coefficient (Wildman–Crippen LogP) is 2.68. The molecule has 3 N–H and O–H groups in total. The van der Waals surface area contributed by atoms with Crippen LogP contribution in [0.2, 0.25) is 0 Å². The lowest BCUT2D eigenvalue weighted by molar-refractivity contribution is 0.0951. The second-order valence-corrected chi connectivity index (χ2v) is 5.65. The maximum absolute atomic E-state index is 11.9. The molecule has 1 fully saturated rings. The van der Waals surface area contributed by atoms with E-state index in [1.165, 1.54) is 0 Å². The number of amides is 1. The van der Waals surface area contributed by atoms with Crippen molar-refractivity contribution in [2.24, 2.45) is 0 Å². The Kier molecular flexibility index (Phi) is 4.39. The first-order valence-electron chi connectivity index (χ1n) is 7.58. The number of carbonyl (C=O) groups is 1. The quantitative estimate of drug-likeness (QED) is 0.768. The monoisotopic (exact) mass is 296 g/mol. The number of nitrogens with one attached hydrogen (secondary N) is 2. The Morgan fingerprint density at radius 1 is 1.00 bits per heavy atom. The summed E-state index contributed by atoms with van der Waals surface area (Å²) in [6.45, 7) is 0.775. The molecular formula is C18H20N2O2. The molecule has 114 valence electrons. The highest BCUT2D eigenvalue weighted by Crippen LogP contribution is 2.19. The van der Waals surface area contributed by atoms with E-state index >= 15 is 0 Å². The number of aliphatic hydroxyl groups excluding tert-OH is 1. The van der Waals surface area contributed by atoms with E-state index in [-0.39, 0.29) is 12.5 Å². The van der Waals surface area contributed by atoms with Crippen LogP contribution in [0.4, 0.5) is 5.69 Å². The Hall–Kier alpha value is -2.33. The summed E-state index contributed by atoms with van der Waals surface area (Å²) in [6.07, 6.45) is 2.20. The highest BCUT2D eigenvalue weighted by Gasteiger charge is 2.23. The molecule has 3 rings (SSSR count). The van der Waals surface area contributed by atoms with Crippen molar-refractivity contribution in [1.82, 2.24) is 5.32 Å². The standard InChI is InChI=1S/C18H20N2O2/c21-12-14-3-1-13(2-4-14)11-19-16-7-5-15(6-8-16)18(22)20-17-9-10-17/h1-8,17,19,21H,9-12H2,(H,20,22). The van der Waals surface area contributed by atoms with Gasteiger partial charge in [-0.3, -0.25) is 4.79 Å². The van der Waals surface area contributed by atoms with Gasteiger partial charge in [0.25, 0.3) is 5.91 Å². The minimum absolute atomic E-state index is 0.00800. The van der Waals surface area contributed by atoms with Gasteiger partial charge in [-0.15, -0.1) is 0 Å². The van der Waals surface area contributed by atoms with E-state index < -0.39 is 0 Å². The largest absolute Gasteiger partial charge is 0.392 e. The van der Waals surface area contributed by atoms with Gasteiger partial charge in [0.1, 0.15) is 0 Å². The van der Waals surface area contributed by atoms with E-state index in [4.69, 9.17) is 5.11 Å². The molecule has 0 atom stereocenters. The molecule has 2 aromatic rings. The third-order valence-corrected chi connectivity index (χ3v) is 3.76. The fourth-order valence-electron chi connectivity index (χ4n) is 2.20. The van der Waals surface area contributed by atoms with Crippen LogP contribution in [0.25, 0.3) is 0 Å².